The summed E-state index contributed by atoms with van der Waals surface area (Å²) < 4.78 is 38.2. The molecule has 1 fully saturated rings. The maximum atomic E-state index is 12.7. The van der Waals surface area contributed by atoms with Crippen molar-refractivity contribution in [2.75, 3.05) is 0 Å². The lowest BCUT2D eigenvalue weighted by molar-refractivity contribution is -0.137. The minimum Gasteiger partial charge on any atom is -0.392 e. The van der Waals surface area contributed by atoms with Crippen LogP contribution in [0, 0.1) is 0 Å². The van der Waals surface area contributed by atoms with Gasteiger partial charge in [-0.25, -0.2) is 0 Å². The third-order valence-corrected chi connectivity index (χ3v) is 3.78. The first-order chi connectivity index (χ1) is 8.39. The summed E-state index contributed by atoms with van der Waals surface area (Å²) in [5.74, 6) is -0.211. The second-order valence-electron chi connectivity index (χ2n) is 4.70. The van der Waals surface area contributed by atoms with E-state index in [9.17, 15) is 18.3 Å². The van der Waals surface area contributed by atoms with E-state index < -0.39 is 17.8 Å². The minimum absolute atomic E-state index is 0.211. The van der Waals surface area contributed by atoms with Crippen molar-refractivity contribution in [2.45, 2.75) is 43.9 Å². The van der Waals surface area contributed by atoms with Crippen LogP contribution in [0.15, 0.2) is 18.2 Å². The molecule has 0 spiro atoms. The smallest absolute Gasteiger partial charge is 0.392 e. The second kappa shape index (κ2) is 5.10. The molecule has 5 heteroatoms. The summed E-state index contributed by atoms with van der Waals surface area (Å²) >= 11 is 5.57. The monoisotopic (exact) mass is 278 g/mol. The van der Waals surface area contributed by atoms with Crippen LogP contribution in [-0.2, 0) is 6.18 Å². The molecule has 18 heavy (non-hydrogen) atoms. The fourth-order valence-electron chi connectivity index (χ4n) is 2.49. The number of rotatable bonds is 1. The number of hydrogen-bond donors (Lipinski definition) is 1. The van der Waals surface area contributed by atoms with E-state index in [4.69, 9.17) is 11.6 Å². The van der Waals surface area contributed by atoms with Crippen molar-refractivity contribution >= 4 is 11.6 Å². The van der Waals surface area contributed by atoms with Gasteiger partial charge in [-0.15, -0.1) is 0 Å². The molecule has 100 valence electrons. The Balaban J connectivity index is 2.34. The van der Waals surface area contributed by atoms with Gasteiger partial charge in [-0.3, -0.25) is 0 Å². The molecule has 0 heterocycles. The quantitative estimate of drug-likeness (QED) is 0.808. The molecule has 2 atom stereocenters. The van der Waals surface area contributed by atoms with Crippen molar-refractivity contribution < 1.29 is 18.3 Å². The van der Waals surface area contributed by atoms with Crippen LogP contribution in [0.1, 0.15) is 42.7 Å². The molecule has 0 aliphatic heterocycles. The molecule has 2 rings (SSSR count). The molecular formula is C13H14ClF3O. The Morgan fingerprint density at radius 1 is 1.17 bits per heavy atom. The van der Waals surface area contributed by atoms with Gasteiger partial charge in [-0.2, -0.15) is 13.2 Å². The van der Waals surface area contributed by atoms with Crippen LogP contribution < -0.4 is 0 Å². The normalized spacial score (nSPS) is 25.2. The van der Waals surface area contributed by atoms with Crippen LogP contribution in [0.4, 0.5) is 13.2 Å². The Morgan fingerprint density at radius 3 is 2.44 bits per heavy atom. The van der Waals surface area contributed by atoms with Gasteiger partial charge in [-0.05, 0) is 30.5 Å². The van der Waals surface area contributed by atoms with E-state index in [0.29, 0.717) is 12.0 Å². The predicted molar refractivity (Wildman–Crippen MR) is 63.7 cm³/mol. The first kappa shape index (κ1) is 13.7. The third kappa shape index (κ3) is 2.81. The van der Waals surface area contributed by atoms with Gasteiger partial charge in [0.2, 0.25) is 0 Å². The van der Waals surface area contributed by atoms with Crippen LogP contribution in [0.5, 0.6) is 0 Å². The molecule has 1 aromatic carbocycles. The highest BCUT2D eigenvalue weighted by atomic mass is 35.5. The lowest BCUT2D eigenvalue weighted by Gasteiger charge is -2.28. The standard InChI is InChI=1S/C13H14ClF3O/c14-11-6-5-8(7-10(11)13(15,16)17)9-3-1-2-4-12(9)18/h5-7,9,12,18H,1-4H2/t9-,12-/m0/s1. The van der Waals surface area contributed by atoms with Crippen molar-refractivity contribution in [3.8, 4) is 0 Å². The zero-order valence-electron chi connectivity index (χ0n) is 9.67. The third-order valence-electron chi connectivity index (χ3n) is 3.45. The molecule has 0 saturated heterocycles. The molecule has 0 radical (unpaired) electrons. The van der Waals surface area contributed by atoms with Gasteiger partial charge in [0.15, 0.2) is 0 Å². The fraction of sp³-hybridized carbons (Fsp3) is 0.538. The first-order valence-corrected chi connectivity index (χ1v) is 6.32. The van der Waals surface area contributed by atoms with E-state index in [2.05, 4.69) is 0 Å². The fourth-order valence-corrected chi connectivity index (χ4v) is 2.72. The molecule has 0 bridgehead atoms. The first-order valence-electron chi connectivity index (χ1n) is 5.94. The molecule has 1 saturated carbocycles. The van der Waals surface area contributed by atoms with Gasteiger partial charge in [0.25, 0.3) is 0 Å². The summed E-state index contributed by atoms with van der Waals surface area (Å²) in [6, 6.07) is 3.92. The van der Waals surface area contributed by atoms with Crippen LogP contribution in [0.2, 0.25) is 5.02 Å². The molecular weight excluding hydrogens is 265 g/mol. The van der Waals surface area contributed by atoms with E-state index in [1.54, 1.807) is 6.07 Å². The highest BCUT2D eigenvalue weighted by molar-refractivity contribution is 6.31. The molecule has 0 aromatic heterocycles. The molecule has 1 aliphatic carbocycles. The Bertz CT molecular complexity index is 431. The topological polar surface area (TPSA) is 20.2 Å². The molecule has 1 N–H and O–H groups in total. The van der Waals surface area contributed by atoms with Crippen LogP contribution in [0.3, 0.4) is 0 Å². The van der Waals surface area contributed by atoms with Gasteiger partial charge in [0, 0.05) is 5.92 Å². The van der Waals surface area contributed by atoms with Gasteiger partial charge >= 0.3 is 6.18 Å². The second-order valence-corrected chi connectivity index (χ2v) is 5.10. The highest BCUT2D eigenvalue weighted by Crippen LogP contribution is 2.39. The van der Waals surface area contributed by atoms with Crippen molar-refractivity contribution in [1.29, 1.82) is 0 Å². The zero-order valence-corrected chi connectivity index (χ0v) is 10.4. The highest BCUT2D eigenvalue weighted by Gasteiger charge is 2.34. The minimum atomic E-state index is -4.45. The Hall–Kier alpha value is -0.740. The number of halogens is 4. The van der Waals surface area contributed by atoms with Crippen LogP contribution in [-0.4, -0.2) is 11.2 Å². The van der Waals surface area contributed by atoms with Gasteiger partial charge in [0.1, 0.15) is 0 Å². The van der Waals surface area contributed by atoms with Gasteiger partial charge in [-0.1, -0.05) is 30.5 Å². The average molecular weight is 279 g/mol. The Labute approximate surface area is 109 Å². The van der Waals surface area contributed by atoms with Crippen LogP contribution >= 0.6 is 11.6 Å². The maximum Gasteiger partial charge on any atom is 0.417 e. The van der Waals surface area contributed by atoms with E-state index in [1.165, 1.54) is 6.07 Å². The number of alkyl halides is 3. The molecule has 1 aliphatic rings. The Morgan fingerprint density at radius 2 is 1.83 bits per heavy atom. The van der Waals surface area contributed by atoms with E-state index >= 15 is 0 Å². The van der Waals surface area contributed by atoms with Crippen molar-refractivity contribution in [1.82, 2.24) is 0 Å². The van der Waals surface area contributed by atoms with E-state index in [-0.39, 0.29) is 10.9 Å². The summed E-state index contributed by atoms with van der Waals surface area (Å²) in [5, 5.41) is 9.58. The van der Waals surface area contributed by atoms with E-state index in [1.807, 2.05) is 0 Å². The lowest BCUT2D eigenvalue weighted by atomic mass is 9.81. The number of aliphatic hydroxyl groups excluding tert-OH is 1. The number of hydrogen-bond acceptors (Lipinski definition) is 1. The number of aliphatic hydroxyl groups is 1. The van der Waals surface area contributed by atoms with Gasteiger partial charge in [0.05, 0.1) is 16.7 Å². The van der Waals surface area contributed by atoms with Crippen LogP contribution in [0.25, 0.3) is 0 Å². The molecule has 0 unspecified atom stereocenters. The Kier molecular flexibility index (Phi) is 3.87. The van der Waals surface area contributed by atoms with Crippen molar-refractivity contribution in [3.05, 3.63) is 34.3 Å². The largest absolute Gasteiger partial charge is 0.417 e. The van der Waals surface area contributed by atoms with Gasteiger partial charge < -0.3 is 5.11 Å². The maximum absolute atomic E-state index is 12.7. The lowest BCUT2D eigenvalue weighted by Crippen LogP contribution is -2.23. The molecule has 0 amide bonds. The van der Waals surface area contributed by atoms with E-state index in [0.717, 1.165) is 25.3 Å². The summed E-state index contributed by atoms with van der Waals surface area (Å²) in [4.78, 5) is 0. The van der Waals surface area contributed by atoms with Crippen molar-refractivity contribution in [3.63, 3.8) is 0 Å². The summed E-state index contributed by atoms with van der Waals surface area (Å²) in [6.45, 7) is 0. The summed E-state index contributed by atoms with van der Waals surface area (Å²) in [5.41, 5.74) is -0.293. The summed E-state index contributed by atoms with van der Waals surface area (Å²) in [7, 11) is 0. The predicted octanol–water partition coefficient (Wildman–Crippen LogP) is 4.38. The zero-order chi connectivity index (χ0) is 13.3. The number of benzene rings is 1. The SMILES string of the molecule is O[C@H]1CCCC[C@H]1c1ccc(Cl)c(C(F)(F)F)c1. The van der Waals surface area contributed by atoms with Crippen molar-refractivity contribution in [2.24, 2.45) is 0 Å². The molecule has 1 nitrogen and oxygen atoms in total. The summed E-state index contributed by atoms with van der Waals surface area (Å²) in [6.07, 6.45) is -1.77. The average Bonchev–Trinajstić information content (AvgIpc) is 2.29. The molecule has 1 aromatic rings.